The first-order valence-corrected chi connectivity index (χ1v) is 7.23. The molecule has 0 aromatic rings. The Morgan fingerprint density at radius 2 is 2.00 bits per heavy atom. The molecule has 1 saturated heterocycles. The summed E-state index contributed by atoms with van der Waals surface area (Å²) in [7, 11) is 2.22. The highest BCUT2D eigenvalue weighted by Crippen LogP contribution is 2.19. The molecular formula is C14H30N2O. The van der Waals surface area contributed by atoms with E-state index in [1.165, 1.54) is 25.9 Å². The third-order valence-electron chi connectivity index (χ3n) is 3.75. The molecule has 0 saturated carbocycles. The Morgan fingerprint density at radius 3 is 2.65 bits per heavy atom. The number of ether oxygens (including phenoxy) is 1. The van der Waals surface area contributed by atoms with Crippen LogP contribution in [0, 0.1) is 5.92 Å². The van der Waals surface area contributed by atoms with Crippen molar-refractivity contribution in [3.63, 3.8) is 0 Å². The fraction of sp³-hybridized carbons (Fsp3) is 1.00. The maximum atomic E-state index is 5.48. The predicted octanol–water partition coefficient (Wildman–Crippen LogP) is 2.12. The van der Waals surface area contributed by atoms with E-state index >= 15 is 0 Å². The fourth-order valence-corrected chi connectivity index (χ4v) is 2.45. The van der Waals surface area contributed by atoms with Gasteiger partial charge in [0.25, 0.3) is 0 Å². The molecule has 0 aromatic carbocycles. The molecule has 0 aromatic heterocycles. The normalized spacial score (nSPS) is 20.6. The van der Waals surface area contributed by atoms with Crippen molar-refractivity contribution in [2.75, 3.05) is 39.9 Å². The van der Waals surface area contributed by atoms with Crippen LogP contribution in [0.25, 0.3) is 0 Å². The van der Waals surface area contributed by atoms with Gasteiger partial charge < -0.3 is 15.0 Å². The summed E-state index contributed by atoms with van der Waals surface area (Å²) < 4.78 is 5.48. The Bertz CT molecular complexity index is 179. The summed E-state index contributed by atoms with van der Waals surface area (Å²) in [5.41, 5.74) is 0. The Kier molecular flexibility index (Phi) is 7.82. The molecule has 1 N–H and O–H groups in total. The smallest absolute Gasteiger partial charge is 0.0478 e. The van der Waals surface area contributed by atoms with Gasteiger partial charge in [0.15, 0.2) is 0 Å². The maximum Gasteiger partial charge on any atom is 0.0478 e. The van der Waals surface area contributed by atoms with Crippen molar-refractivity contribution in [1.82, 2.24) is 10.2 Å². The van der Waals surface area contributed by atoms with Gasteiger partial charge in [-0.2, -0.15) is 0 Å². The van der Waals surface area contributed by atoms with Gasteiger partial charge in [0.2, 0.25) is 0 Å². The van der Waals surface area contributed by atoms with Crippen LogP contribution in [0.5, 0.6) is 0 Å². The van der Waals surface area contributed by atoms with Gasteiger partial charge in [-0.3, -0.25) is 0 Å². The van der Waals surface area contributed by atoms with Crippen LogP contribution < -0.4 is 5.32 Å². The minimum Gasteiger partial charge on any atom is -0.381 e. The van der Waals surface area contributed by atoms with Crippen LogP contribution in [-0.4, -0.2) is 50.8 Å². The topological polar surface area (TPSA) is 24.5 Å². The number of piperidine rings is 1. The second kappa shape index (κ2) is 8.90. The number of hydrogen-bond acceptors (Lipinski definition) is 3. The predicted molar refractivity (Wildman–Crippen MR) is 73.4 cm³/mol. The van der Waals surface area contributed by atoms with Gasteiger partial charge in [0.05, 0.1) is 0 Å². The van der Waals surface area contributed by atoms with Gasteiger partial charge in [0.1, 0.15) is 0 Å². The number of rotatable bonds is 8. The number of nitrogens with zero attached hydrogens (tertiary/aromatic N) is 1. The molecule has 0 amide bonds. The molecule has 0 spiro atoms. The molecule has 1 heterocycles. The molecule has 1 fully saturated rings. The van der Waals surface area contributed by atoms with Gasteiger partial charge in [-0.15, -0.1) is 0 Å². The molecule has 0 aliphatic carbocycles. The largest absolute Gasteiger partial charge is 0.381 e. The third-order valence-corrected chi connectivity index (χ3v) is 3.75. The number of nitrogens with one attached hydrogen (secondary N) is 1. The van der Waals surface area contributed by atoms with Crippen LogP contribution in [0.15, 0.2) is 0 Å². The van der Waals surface area contributed by atoms with Crippen molar-refractivity contribution in [3.8, 4) is 0 Å². The van der Waals surface area contributed by atoms with E-state index < -0.39 is 0 Å². The second-order valence-corrected chi connectivity index (χ2v) is 5.35. The summed E-state index contributed by atoms with van der Waals surface area (Å²) in [6.45, 7) is 9.92. The van der Waals surface area contributed by atoms with Crippen LogP contribution in [0.1, 0.15) is 39.5 Å². The molecule has 1 unspecified atom stereocenters. The van der Waals surface area contributed by atoms with Gasteiger partial charge >= 0.3 is 0 Å². The maximum absolute atomic E-state index is 5.48. The van der Waals surface area contributed by atoms with E-state index in [4.69, 9.17) is 4.74 Å². The highest BCUT2D eigenvalue weighted by molar-refractivity contribution is 4.78. The molecule has 3 nitrogen and oxygen atoms in total. The lowest BCUT2D eigenvalue weighted by Gasteiger charge is -2.33. The average molecular weight is 242 g/mol. The quantitative estimate of drug-likeness (QED) is 0.660. The number of hydrogen-bond donors (Lipinski definition) is 1. The molecule has 1 atom stereocenters. The Morgan fingerprint density at radius 1 is 1.29 bits per heavy atom. The molecule has 3 heteroatoms. The lowest BCUT2D eigenvalue weighted by molar-refractivity contribution is 0.129. The van der Waals surface area contributed by atoms with Crippen molar-refractivity contribution in [1.29, 1.82) is 0 Å². The third kappa shape index (κ3) is 6.39. The van der Waals surface area contributed by atoms with Crippen molar-refractivity contribution >= 4 is 0 Å². The first-order chi connectivity index (χ1) is 8.24. The molecule has 1 aliphatic rings. The minimum atomic E-state index is 0.662. The second-order valence-electron chi connectivity index (χ2n) is 5.35. The van der Waals surface area contributed by atoms with E-state index in [0.717, 1.165) is 38.5 Å². The first kappa shape index (κ1) is 14.9. The van der Waals surface area contributed by atoms with E-state index in [-0.39, 0.29) is 0 Å². The van der Waals surface area contributed by atoms with Gasteiger partial charge in [-0.25, -0.2) is 0 Å². The van der Waals surface area contributed by atoms with Gasteiger partial charge in [-0.05, 0) is 65.2 Å². The molecule has 1 rings (SSSR count). The average Bonchev–Trinajstić information content (AvgIpc) is 2.34. The van der Waals surface area contributed by atoms with Crippen LogP contribution in [0.3, 0.4) is 0 Å². The van der Waals surface area contributed by atoms with E-state index in [1.54, 1.807) is 0 Å². The van der Waals surface area contributed by atoms with Crippen LogP contribution in [0.2, 0.25) is 0 Å². The standard InChI is InChI=1S/C14H30N2O/c1-4-11-17-12-5-8-15-13(2)14-6-9-16(3)10-7-14/h13-15H,4-12H2,1-3H3. The van der Waals surface area contributed by atoms with E-state index in [9.17, 15) is 0 Å². The SMILES string of the molecule is CCCOCCCNC(C)C1CCN(C)CC1. The minimum absolute atomic E-state index is 0.662. The zero-order chi connectivity index (χ0) is 12.5. The first-order valence-electron chi connectivity index (χ1n) is 7.23. The van der Waals surface area contributed by atoms with Crippen LogP contribution >= 0.6 is 0 Å². The Labute approximate surface area is 107 Å². The van der Waals surface area contributed by atoms with Crippen molar-refractivity contribution in [2.24, 2.45) is 5.92 Å². The molecular weight excluding hydrogens is 212 g/mol. The lowest BCUT2D eigenvalue weighted by atomic mass is 9.90. The summed E-state index contributed by atoms with van der Waals surface area (Å²) in [6.07, 6.45) is 4.95. The summed E-state index contributed by atoms with van der Waals surface area (Å²) in [5.74, 6) is 0.864. The van der Waals surface area contributed by atoms with Gasteiger partial charge in [0, 0.05) is 19.3 Å². The molecule has 0 bridgehead atoms. The zero-order valence-electron chi connectivity index (χ0n) is 11.9. The summed E-state index contributed by atoms with van der Waals surface area (Å²) in [4.78, 5) is 2.43. The van der Waals surface area contributed by atoms with Crippen molar-refractivity contribution in [2.45, 2.75) is 45.6 Å². The molecule has 0 radical (unpaired) electrons. The zero-order valence-corrected chi connectivity index (χ0v) is 11.9. The van der Waals surface area contributed by atoms with Crippen molar-refractivity contribution in [3.05, 3.63) is 0 Å². The Hall–Kier alpha value is -0.120. The van der Waals surface area contributed by atoms with E-state index in [2.05, 4.69) is 31.1 Å². The highest BCUT2D eigenvalue weighted by atomic mass is 16.5. The summed E-state index contributed by atoms with van der Waals surface area (Å²) >= 11 is 0. The molecule has 102 valence electrons. The van der Waals surface area contributed by atoms with E-state index in [0.29, 0.717) is 6.04 Å². The monoisotopic (exact) mass is 242 g/mol. The van der Waals surface area contributed by atoms with Gasteiger partial charge in [-0.1, -0.05) is 6.92 Å². The molecule has 17 heavy (non-hydrogen) atoms. The molecule has 1 aliphatic heterocycles. The summed E-state index contributed by atoms with van der Waals surface area (Å²) in [6, 6.07) is 0.662. The number of likely N-dealkylation sites (tertiary alicyclic amines) is 1. The van der Waals surface area contributed by atoms with Crippen LogP contribution in [-0.2, 0) is 4.74 Å². The lowest BCUT2D eigenvalue weighted by Crippen LogP contribution is -2.41. The summed E-state index contributed by atoms with van der Waals surface area (Å²) in [5, 5.41) is 3.65. The van der Waals surface area contributed by atoms with Crippen molar-refractivity contribution < 1.29 is 4.74 Å². The highest BCUT2D eigenvalue weighted by Gasteiger charge is 2.21. The Balaban J connectivity index is 1.99. The fourth-order valence-electron chi connectivity index (χ4n) is 2.45. The van der Waals surface area contributed by atoms with Crippen LogP contribution in [0.4, 0.5) is 0 Å². The van der Waals surface area contributed by atoms with E-state index in [1.807, 2.05) is 0 Å².